The van der Waals surface area contributed by atoms with Crippen LogP contribution >= 0.6 is 11.5 Å². The molecule has 14 heavy (non-hydrogen) atoms. The van der Waals surface area contributed by atoms with Crippen molar-refractivity contribution in [3.63, 3.8) is 0 Å². The predicted molar refractivity (Wildman–Crippen MR) is 69.2 cm³/mol. The minimum absolute atomic E-state index is 0.152. The van der Waals surface area contributed by atoms with Gasteiger partial charge in [-0.05, 0) is 17.7 Å². The van der Waals surface area contributed by atoms with Gasteiger partial charge in [0.25, 0.3) is 6.13 Å². The fourth-order valence-corrected chi connectivity index (χ4v) is 1.46. The molecule has 0 aromatic heterocycles. The summed E-state index contributed by atoms with van der Waals surface area (Å²) in [4.78, 5) is 0. The van der Waals surface area contributed by atoms with Crippen molar-refractivity contribution in [3.05, 3.63) is 12.1 Å². The summed E-state index contributed by atoms with van der Waals surface area (Å²) in [6.45, 7) is 11.1. The minimum atomic E-state index is 0.152. The third kappa shape index (κ3) is 4.55. The summed E-state index contributed by atoms with van der Waals surface area (Å²) in [5, 5.41) is 0.185. The highest BCUT2D eigenvalue weighted by Gasteiger charge is 2.32. The van der Waals surface area contributed by atoms with Gasteiger partial charge in [-0.1, -0.05) is 53.5 Å². The molecular formula is C12H24BCl. The van der Waals surface area contributed by atoms with Crippen molar-refractivity contribution in [3.8, 4) is 0 Å². The monoisotopic (exact) mass is 214 g/mol. The second-order valence-corrected chi connectivity index (χ2v) is 5.42. The van der Waals surface area contributed by atoms with Gasteiger partial charge >= 0.3 is 0 Å². The van der Waals surface area contributed by atoms with Crippen LogP contribution < -0.4 is 0 Å². The van der Waals surface area contributed by atoms with Crippen LogP contribution in [0.25, 0.3) is 0 Å². The summed E-state index contributed by atoms with van der Waals surface area (Å²) in [5.41, 5.74) is 0. The second kappa shape index (κ2) is 6.56. The molecule has 0 aliphatic heterocycles. The van der Waals surface area contributed by atoms with Crippen molar-refractivity contribution >= 4 is 17.6 Å². The molecule has 0 fully saturated rings. The third-order valence-electron chi connectivity index (χ3n) is 3.23. The first-order valence-electron chi connectivity index (χ1n) is 5.73. The molecule has 0 N–H and O–H groups in total. The molecular weight excluding hydrogens is 190 g/mol. The van der Waals surface area contributed by atoms with E-state index in [0.29, 0.717) is 5.92 Å². The Hall–Kier alpha value is 0.0949. The van der Waals surface area contributed by atoms with E-state index >= 15 is 0 Å². The van der Waals surface area contributed by atoms with Crippen molar-refractivity contribution in [1.29, 1.82) is 0 Å². The summed E-state index contributed by atoms with van der Waals surface area (Å²) in [5.74, 6) is 2.78. The first-order chi connectivity index (χ1) is 6.42. The molecule has 0 atom stereocenters. The maximum absolute atomic E-state index is 6.36. The van der Waals surface area contributed by atoms with Crippen LogP contribution in [0.15, 0.2) is 12.1 Å². The van der Waals surface area contributed by atoms with Gasteiger partial charge in [0.05, 0.1) is 0 Å². The van der Waals surface area contributed by atoms with E-state index in [0.717, 1.165) is 6.42 Å². The molecule has 82 valence electrons. The normalized spacial score (nSPS) is 12.8. The van der Waals surface area contributed by atoms with Crippen molar-refractivity contribution in [2.45, 2.75) is 59.2 Å². The average Bonchev–Trinajstić information content (AvgIpc) is 2.11. The standard InChI is InChI=1S/C12H24BCl/c1-6-7-8-9-10-13(14)12(4,5)11(2)3/h9-11H,6-8H2,1-5H3. The lowest BCUT2D eigenvalue weighted by Crippen LogP contribution is -2.25. The van der Waals surface area contributed by atoms with E-state index in [9.17, 15) is 0 Å². The van der Waals surface area contributed by atoms with E-state index < -0.39 is 0 Å². The van der Waals surface area contributed by atoms with E-state index in [1.807, 2.05) is 0 Å². The van der Waals surface area contributed by atoms with Crippen molar-refractivity contribution < 1.29 is 0 Å². The fourth-order valence-electron chi connectivity index (χ4n) is 1.10. The highest BCUT2D eigenvalue weighted by Crippen LogP contribution is 2.39. The van der Waals surface area contributed by atoms with Gasteiger partial charge in [-0.15, -0.1) is 5.98 Å². The number of allylic oxidation sites excluding steroid dienone is 1. The lowest BCUT2D eigenvalue weighted by molar-refractivity contribution is 0.473. The van der Waals surface area contributed by atoms with Crippen LogP contribution in [0, 0.1) is 5.92 Å². The Morgan fingerprint density at radius 1 is 1.36 bits per heavy atom. The van der Waals surface area contributed by atoms with E-state index in [4.69, 9.17) is 11.5 Å². The molecule has 0 nitrogen and oxygen atoms in total. The van der Waals surface area contributed by atoms with Crippen molar-refractivity contribution in [1.82, 2.24) is 0 Å². The molecule has 0 heterocycles. The third-order valence-corrected chi connectivity index (χ3v) is 3.94. The quantitative estimate of drug-likeness (QED) is 0.434. The molecule has 0 aliphatic carbocycles. The molecule has 0 unspecified atom stereocenters. The number of rotatable bonds is 6. The van der Waals surface area contributed by atoms with E-state index in [2.05, 4.69) is 46.7 Å². The molecule has 0 saturated carbocycles. The number of halogens is 1. The highest BCUT2D eigenvalue weighted by molar-refractivity contribution is 7.11. The Kier molecular flexibility index (Phi) is 6.60. The van der Waals surface area contributed by atoms with Crippen LogP contribution in [-0.2, 0) is 0 Å². The zero-order valence-electron chi connectivity index (χ0n) is 10.3. The Morgan fingerprint density at radius 3 is 2.36 bits per heavy atom. The van der Waals surface area contributed by atoms with Gasteiger partial charge in [0.1, 0.15) is 0 Å². The van der Waals surface area contributed by atoms with E-state index in [-0.39, 0.29) is 11.4 Å². The predicted octanol–water partition coefficient (Wildman–Crippen LogP) is 4.94. The van der Waals surface area contributed by atoms with Gasteiger partial charge in [-0.2, -0.15) is 11.5 Å². The van der Waals surface area contributed by atoms with Crippen molar-refractivity contribution in [2.75, 3.05) is 0 Å². The van der Waals surface area contributed by atoms with E-state index in [1.165, 1.54) is 12.8 Å². The second-order valence-electron chi connectivity index (χ2n) is 4.95. The lowest BCUT2D eigenvalue weighted by atomic mass is 9.48. The van der Waals surface area contributed by atoms with Crippen molar-refractivity contribution in [2.24, 2.45) is 5.92 Å². The molecule has 0 bridgehead atoms. The Morgan fingerprint density at radius 2 is 1.93 bits per heavy atom. The Balaban J connectivity index is 4.06. The van der Waals surface area contributed by atoms with Crippen LogP contribution in [0.4, 0.5) is 0 Å². The average molecular weight is 215 g/mol. The number of unbranched alkanes of at least 4 members (excludes halogenated alkanes) is 2. The highest BCUT2D eigenvalue weighted by atomic mass is 35.5. The molecule has 0 saturated heterocycles. The molecule has 0 amide bonds. The van der Waals surface area contributed by atoms with Crippen LogP contribution in [0.2, 0.25) is 5.31 Å². The van der Waals surface area contributed by atoms with Gasteiger partial charge in [-0.25, -0.2) is 0 Å². The summed E-state index contributed by atoms with van der Waals surface area (Å²) in [6.07, 6.45) is 6.06. The summed E-state index contributed by atoms with van der Waals surface area (Å²) >= 11 is 6.36. The minimum Gasteiger partial charge on any atom is -0.189 e. The Labute approximate surface area is 95.1 Å². The molecule has 0 radical (unpaired) electrons. The largest absolute Gasteiger partial charge is 0.281 e. The molecule has 0 aliphatic rings. The Bertz CT molecular complexity index is 173. The summed E-state index contributed by atoms with van der Waals surface area (Å²) < 4.78 is 0. The zero-order chi connectivity index (χ0) is 11.2. The van der Waals surface area contributed by atoms with Gasteiger partial charge < -0.3 is 0 Å². The van der Waals surface area contributed by atoms with E-state index in [1.54, 1.807) is 0 Å². The summed E-state index contributed by atoms with van der Waals surface area (Å²) in [7, 11) is 0. The summed E-state index contributed by atoms with van der Waals surface area (Å²) in [6, 6.07) is 0. The SMILES string of the molecule is CCCCC=CB(Cl)C(C)(C)C(C)C. The van der Waals surface area contributed by atoms with Gasteiger partial charge in [0.15, 0.2) is 0 Å². The lowest BCUT2D eigenvalue weighted by Gasteiger charge is -2.30. The molecule has 0 rings (SSSR count). The van der Waals surface area contributed by atoms with Crippen LogP contribution in [0.3, 0.4) is 0 Å². The topological polar surface area (TPSA) is 0 Å². The maximum Gasteiger partial charge on any atom is 0.281 e. The zero-order valence-corrected chi connectivity index (χ0v) is 11.1. The molecule has 0 aromatic rings. The maximum atomic E-state index is 6.36. The fraction of sp³-hybridized carbons (Fsp3) is 0.833. The smallest absolute Gasteiger partial charge is 0.189 e. The van der Waals surface area contributed by atoms with Gasteiger partial charge in [0.2, 0.25) is 0 Å². The number of hydrogen-bond donors (Lipinski definition) is 0. The number of hydrogen-bond acceptors (Lipinski definition) is 0. The van der Waals surface area contributed by atoms with Crippen LogP contribution in [0.5, 0.6) is 0 Å². The van der Waals surface area contributed by atoms with Crippen LogP contribution in [0.1, 0.15) is 53.9 Å². The van der Waals surface area contributed by atoms with Gasteiger partial charge in [-0.3, -0.25) is 0 Å². The first kappa shape index (κ1) is 14.1. The molecule has 0 aromatic carbocycles. The first-order valence-corrected chi connectivity index (χ1v) is 6.17. The molecule has 0 spiro atoms. The van der Waals surface area contributed by atoms with Crippen LogP contribution in [-0.4, -0.2) is 6.13 Å². The molecule has 2 heteroatoms. The van der Waals surface area contributed by atoms with Gasteiger partial charge in [0, 0.05) is 0 Å².